The van der Waals surface area contributed by atoms with Crippen molar-refractivity contribution in [2.45, 2.75) is 51.3 Å². The van der Waals surface area contributed by atoms with Crippen LogP contribution in [0.1, 0.15) is 57.0 Å². The zero-order chi connectivity index (χ0) is 34.3. The lowest BCUT2D eigenvalue weighted by molar-refractivity contribution is 0.0184. The van der Waals surface area contributed by atoms with Gasteiger partial charge in [-0.25, -0.2) is 13.9 Å². The van der Waals surface area contributed by atoms with Crippen LogP contribution in [0.25, 0.3) is 10.9 Å². The van der Waals surface area contributed by atoms with Crippen molar-refractivity contribution in [3.05, 3.63) is 89.6 Å². The Balaban J connectivity index is 1.30. The van der Waals surface area contributed by atoms with Crippen molar-refractivity contribution in [1.82, 2.24) is 24.9 Å². The predicted octanol–water partition coefficient (Wildman–Crippen LogP) is 10.8. The molecule has 3 aromatic heterocycles. The number of benzene rings is 2. The van der Waals surface area contributed by atoms with E-state index in [0.717, 1.165) is 0 Å². The topological polar surface area (TPSA) is 97.2 Å². The largest absolute Gasteiger partial charge is 0.444 e. The van der Waals surface area contributed by atoms with Gasteiger partial charge in [0.2, 0.25) is 0 Å². The van der Waals surface area contributed by atoms with Crippen molar-refractivity contribution in [1.29, 1.82) is 0 Å². The fourth-order valence-electron chi connectivity index (χ4n) is 5.43. The van der Waals surface area contributed by atoms with E-state index >= 15 is 0 Å². The number of nitrogens with one attached hydrogen (secondary N) is 2. The van der Waals surface area contributed by atoms with E-state index in [1.54, 1.807) is 23.1 Å². The molecule has 0 bridgehead atoms. The SMILES string of the molecule is CC(C)(C)OC(=O)N1CCC(n2cc([C@@H](Nc3cc(Cl)c4ncc(Cl)c(Nc5ccc(F)c(Cl)c5)c4c3)c3cc(Cl)sc3Cl)nn2)CC1. The third-order valence-electron chi connectivity index (χ3n) is 7.69. The lowest BCUT2D eigenvalue weighted by Crippen LogP contribution is -2.42. The van der Waals surface area contributed by atoms with E-state index in [0.29, 0.717) is 83.9 Å². The Bertz CT molecular complexity index is 1990. The maximum atomic E-state index is 13.8. The molecule has 2 N–H and O–H groups in total. The number of amides is 1. The number of fused-ring (bicyclic) bond motifs is 1. The van der Waals surface area contributed by atoms with E-state index in [2.05, 4.69) is 25.9 Å². The van der Waals surface area contributed by atoms with Gasteiger partial charge in [0.25, 0.3) is 0 Å². The van der Waals surface area contributed by atoms with E-state index < -0.39 is 17.5 Å². The Kier molecular flexibility index (Phi) is 10.2. The molecule has 1 aliphatic rings. The van der Waals surface area contributed by atoms with Crippen LogP contribution in [0.3, 0.4) is 0 Å². The summed E-state index contributed by atoms with van der Waals surface area (Å²) in [5.74, 6) is -0.538. The van der Waals surface area contributed by atoms with Crippen LogP contribution in [0.4, 0.5) is 26.2 Å². The van der Waals surface area contributed by atoms with Crippen molar-refractivity contribution < 1.29 is 13.9 Å². The molecule has 9 nitrogen and oxygen atoms in total. The number of anilines is 3. The average molecular weight is 772 g/mol. The molecule has 0 radical (unpaired) electrons. The molecule has 1 atom stereocenters. The minimum atomic E-state index is -0.565. The normalized spacial score (nSPS) is 14.7. The summed E-state index contributed by atoms with van der Waals surface area (Å²) in [6.45, 7) is 6.63. The minimum Gasteiger partial charge on any atom is -0.444 e. The van der Waals surface area contributed by atoms with E-state index in [4.69, 9.17) is 62.7 Å². The van der Waals surface area contributed by atoms with Crippen molar-refractivity contribution >= 4 is 103 Å². The quantitative estimate of drug-likeness (QED) is 0.170. The Labute approximate surface area is 305 Å². The van der Waals surface area contributed by atoms with Gasteiger partial charge >= 0.3 is 6.09 Å². The van der Waals surface area contributed by atoms with Gasteiger partial charge in [0, 0.05) is 41.6 Å². The molecule has 0 saturated carbocycles. The highest BCUT2D eigenvalue weighted by atomic mass is 35.5. The summed E-state index contributed by atoms with van der Waals surface area (Å²) in [5, 5.41) is 17.0. The molecule has 0 spiro atoms. The number of carbonyl (C=O) groups is 1. The van der Waals surface area contributed by atoms with Crippen LogP contribution in [-0.4, -0.2) is 49.7 Å². The predicted molar refractivity (Wildman–Crippen MR) is 192 cm³/mol. The van der Waals surface area contributed by atoms with Crippen molar-refractivity contribution in [3.8, 4) is 0 Å². The van der Waals surface area contributed by atoms with Crippen LogP contribution in [0.2, 0.25) is 23.7 Å². The number of nitrogens with zero attached hydrogens (tertiary/aromatic N) is 5. The molecule has 4 heterocycles. The molecular formula is C32H29Cl5FN7O2S. The molecule has 252 valence electrons. The van der Waals surface area contributed by atoms with E-state index in [1.807, 2.05) is 37.7 Å². The number of likely N-dealkylation sites (tertiary alicyclic amines) is 1. The Hall–Kier alpha value is -3.06. The highest BCUT2D eigenvalue weighted by Crippen LogP contribution is 2.42. The van der Waals surface area contributed by atoms with Gasteiger partial charge in [0.05, 0.1) is 48.9 Å². The van der Waals surface area contributed by atoms with Gasteiger partial charge in [-0.3, -0.25) is 4.98 Å². The summed E-state index contributed by atoms with van der Waals surface area (Å²) >= 11 is 33.7. The van der Waals surface area contributed by atoms with Gasteiger partial charge < -0.3 is 20.3 Å². The standard InChI is InChI=1S/C32H29Cl5FN7O2S/c1-32(2,3)47-31(46)44-8-6-18(7-9-44)45-15-25(42-43-45)29(20-13-26(36)48-30(20)37)41-17-10-19-27(22(34)12-17)39-14-23(35)28(19)40-16-4-5-24(38)21(33)11-16/h4-5,10-15,18,29,41H,6-9H2,1-3H3,(H,39,40)/t29-/m0/s1. The van der Waals surface area contributed by atoms with Gasteiger partial charge in [0.1, 0.15) is 21.4 Å². The molecule has 1 fully saturated rings. The molecule has 1 amide bonds. The molecule has 1 saturated heterocycles. The molecule has 1 aliphatic heterocycles. The van der Waals surface area contributed by atoms with Crippen LogP contribution in [0, 0.1) is 5.82 Å². The van der Waals surface area contributed by atoms with E-state index in [9.17, 15) is 9.18 Å². The maximum absolute atomic E-state index is 13.8. The molecule has 5 aromatic rings. The fraction of sp³-hybridized carbons (Fsp3) is 0.312. The van der Waals surface area contributed by atoms with Crippen molar-refractivity contribution in [2.24, 2.45) is 0 Å². The molecule has 0 unspecified atom stereocenters. The van der Waals surface area contributed by atoms with Crippen LogP contribution < -0.4 is 10.6 Å². The van der Waals surface area contributed by atoms with Gasteiger partial charge in [-0.05, 0) is 70.0 Å². The lowest BCUT2D eigenvalue weighted by Gasteiger charge is -2.33. The highest BCUT2D eigenvalue weighted by molar-refractivity contribution is 7.20. The first-order valence-electron chi connectivity index (χ1n) is 14.9. The zero-order valence-corrected chi connectivity index (χ0v) is 30.4. The Morgan fingerprint density at radius 1 is 1.02 bits per heavy atom. The number of aromatic nitrogens is 4. The monoisotopic (exact) mass is 769 g/mol. The van der Waals surface area contributed by atoms with Crippen molar-refractivity contribution in [2.75, 3.05) is 23.7 Å². The molecule has 16 heteroatoms. The zero-order valence-electron chi connectivity index (χ0n) is 25.8. The summed E-state index contributed by atoms with van der Waals surface area (Å²) in [6.07, 6.45) is 4.42. The average Bonchev–Trinajstić information content (AvgIpc) is 3.64. The first-order valence-corrected chi connectivity index (χ1v) is 17.6. The first kappa shape index (κ1) is 34.8. The lowest BCUT2D eigenvalue weighted by atomic mass is 10.0. The van der Waals surface area contributed by atoms with Crippen LogP contribution >= 0.6 is 69.3 Å². The Morgan fingerprint density at radius 3 is 2.42 bits per heavy atom. The Morgan fingerprint density at radius 2 is 1.75 bits per heavy atom. The summed E-state index contributed by atoms with van der Waals surface area (Å²) in [5.41, 5.74) is 2.89. The third-order valence-corrected chi connectivity index (χ3v) is 10.1. The summed E-state index contributed by atoms with van der Waals surface area (Å²) < 4.78 is 22.2. The number of ether oxygens (including phenoxy) is 1. The van der Waals surface area contributed by atoms with Gasteiger partial charge in [-0.15, -0.1) is 16.4 Å². The van der Waals surface area contributed by atoms with E-state index in [1.165, 1.54) is 29.7 Å². The number of hydrogen-bond acceptors (Lipinski definition) is 8. The number of halogens is 6. The van der Waals surface area contributed by atoms with Crippen LogP contribution in [-0.2, 0) is 4.74 Å². The number of thiophene rings is 1. The first-order chi connectivity index (χ1) is 22.8. The third kappa shape index (κ3) is 7.72. The summed E-state index contributed by atoms with van der Waals surface area (Å²) in [7, 11) is 0. The van der Waals surface area contributed by atoms with Crippen molar-refractivity contribution in [3.63, 3.8) is 0 Å². The van der Waals surface area contributed by atoms with Gasteiger partial charge in [-0.2, -0.15) is 0 Å². The second kappa shape index (κ2) is 14.0. The number of hydrogen-bond donors (Lipinski definition) is 2. The fourth-order valence-corrected chi connectivity index (χ4v) is 7.61. The maximum Gasteiger partial charge on any atom is 0.410 e. The number of piperidine rings is 1. The van der Waals surface area contributed by atoms with Crippen LogP contribution in [0.5, 0.6) is 0 Å². The second-order valence-electron chi connectivity index (χ2n) is 12.3. The van der Waals surface area contributed by atoms with Gasteiger partial charge in [-0.1, -0.05) is 63.2 Å². The van der Waals surface area contributed by atoms with Crippen LogP contribution in [0.15, 0.2) is 48.8 Å². The number of pyridine rings is 1. The number of rotatable bonds is 7. The second-order valence-corrected chi connectivity index (χ2v) is 15.8. The molecule has 0 aliphatic carbocycles. The number of carbonyl (C=O) groups excluding carboxylic acids is 1. The van der Waals surface area contributed by atoms with E-state index in [-0.39, 0.29) is 17.2 Å². The smallest absolute Gasteiger partial charge is 0.410 e. The highest BCUT2D eigenvalue weighted by Gasteiger charge is 2.30. The molecule has 48 heavy (non-hydrogen) atoms. The summed E-state index contributed by atoms with van der Waals surface area (Å²) in [4.78, 5) is 18.7. The molecule has 2 aromatic carbocycles. The van der Waals surface area contributed by atoms with Gasteiger partial charge in [0.15, 0.2) is 0 Å². The summed E-state index contributed by atoms with van der Waals surface area (Å²) in [6, 6.07) is 9.13. The molecule has 6 rings (SSSR count). The minimum absolute atomic E-state index is 0.0315. The molecular weight excluding hydrogens is 743 g/mol.